The Morgan fingerprint density at radius 3 is 2.91 bits per heavy atom. The van der Waals surface area contributed by atoms with E-state index in [9.17, 15) is 9.59 Å². The number of fused-ring (bicyclic) bond motifs is 1. The molecule has 0 unspecified atom stereocenters. The summed E-state index contributed by atoms with van der Waals surface area (Å²) in [7, 11) is 1.56. The van der Waals surface area contributed by atoms with Crippen molar-refractivity contribution in [3.05, 3.63) is 58.4 Å². The number of nitrogens with zero attached hydrogens (tertiary/aromatic N) is 2. The molecule has 0 bridgehead atoms. The molecule has 0 radical (unpaired) electrons. The van der Waals surface area contributed by atoms with E-state index in [0.717, 1.165) is 5.56 Å². The fourth-order valence-electron chi connectivity index (χ4n) is 2.55. The maximum absolute atomic E-state index is 12.6. The van der Waals surface area contributed by atoms with Crippen molar-refractivity contribution in [1.82, 2.24) is 10.3 Å². The summed E-state index contributed by atoms with van der Waals surface area (Å²) in [5, 5.41) is 3.18. The van der Waals surface area contributed by atoms with Gasteiger partial charge >= 0.3 is 0 Å². The fourth-order valence-corrected chi connectivity index (χ4v) is 2.74. The van der Waals surface area contributed by atoms with Gasteiger partial charge in [0.05, 0.1) is 17.4 Å². The molecule has 0 saturated carbocycles. The molecule has 0 spiro atoms. The first-order valence-corrected chi connectivity index (χ1v) is 7.25. The molecule has 5 nitrogen and oxygen atoms in total. The maximum atomic E-state index is 12.6. The average molecular weight is 316 g/mol. The van der Waals surface area contributed by atoms with Crippen LogP contribution in [0.15, 0.2) is 36.7 Å². The van der Waals surface area contributed by atoms with Crippen LogP contribution in [-0.2, 0) is 6.42 Å². The Hall–Kier alpha value is -2.40. The van der Waals surface area contributed by atoms with Gasteiger partial charge in [0.1, 0.15) is 0 Å². The molecule has 1 aromatic carbocycles. The van der Waals surface area contributed by atoms with E-state index in [1.807, 2.05) is 6.07 Å². The van der Waals surface area contributed by atoms with Gasteiger partial charge in [-0.2, -0.15) is 0 Å². The van der Waals surface area contributed by atoms with Crippen LogP contribution in [-0.4, -0.2) is 30.4 Å². The van der Waals surface area contributed by atoms with E-state index in [1.54, 1.807) is 36.3 Å². The highest BCUT2D eigenvalue weighted by Crippen LogP contribution is 2.26. The number of carbonyl (C=O) groups is 2. The zero-order valence-electron chi connectivity index (χ0n) is 12.0. The van der Waals surface area contributed by atoms with Crippen molar-refractivity contribution >= 4 is 29.1 Å². The van der Waals surface area contributed by atoms with E-state index in [4.69, 9.17) is 11.6 Å². The number of benzene rings is 1. The molecule has 2 heterocycles. The van der Waals surface area contributed by atoms with Crippen molar-refractivity contribution in [2.75, 3.05) is 18.5 Å². The molecule has 1 aliphatic heterocycles. The Morgan fingerprint density at radius 2 is 2.14 bits per heavy atom. The van der Waals surface area contributed by atoms with E-state index in [2.05, 4.69) is 10.3 Å². The van der Waals surface area contributed by atoms with Crippen LogP contribution in [0.5, 0.6) is 0 Å². The van der Waals surface area contributed by atoms with E-state index in [1.165, 1.54) is 6.20 Å². The number of anilines is 1. The number of carbonyl (C=O) groups excluding carboxylic acids is 2. The van der Waals surface area contributed by atoms with Crippen molar-refractivity contribution in [3.63, 3.8) is 0 Å². The molecule has 0 atom stereocenters. The van der Waals surface area contributed by atoms with Crippen LogP contribution in [0.1, 0.15) is 26.3 Å². The Morgan fingerprint density at radius 1 is 1.32 bits per heavy atom. The summed E-state index contributed by atoms with van der Waals surface area (Å²) in [6.45, 7) is 0.533. The number of halogens is 1. The molecule has 2 aromatic rings. The van der Waals surface area contributed by atoms with Crippen LogP contribution in [0.2, 0.25) is 5.02 Å². The van der Waals surface area contributed by atoms with Gasteiger partial charge in [0.25, 0.3) is 11.8 Å². The van der Waals surface area contributed by atoms with E-state index in [-0.39, 0.29) is 11.8 Å². The first kappa shape index (κ1) is 14.5. The van der Waals surface area contributed by atoms with Crippen LogP contribution >= 0.6 is 11.6 Å². The first-order chi connectivity index (χ1) is 10.6. The lowest BCUT2D eigenvalue weighted by Crippen LogP contribution is -2.37. The molecule has 112 valence electrons. The molecule has 0 fully saturated rings. The van der Waals surface area contributed by atoms with Gasteiger partial charge in [-0.15, -0.1) is 0 Å². The lowest BCUT2D eigenvalue weighted by molar-refractivity contribution is 0.0957. The maximum Gasteiger partial charge on any atom is 0.258 e. The number of aromatic nitrogens is 1. The monoisotopic (exact) mass is 315 g/mol. The third-order valence-corrected chi connectivity index (χ3v) is 3.91. The van der Waals surface area contributed by atoms with Crippen LogP contribution in [0.3, 0.4) is 0 Å². The van der Waals surface area contributed by atoms with Gasteiger partial charge in [-0.25, -0.2) is 0 Å². The summed E-state index contributed by atoms with van der Waals surface area (Å²) in [6.07, 6.45) is 3.78. The van der Waals surface area contributed by atoms with Gasteiger partial charge in [-0.3, -0.25) is 14.6 Å². The van der Waals surface area contributed by atoms with Crippen molar-refractivity contribution in [3.8, 4) is 0 Å². The lowest BCUT2D eigenvalue weighted by Gasteiger charge is -2.28. The highest BCUT2D eigenvalue weighted by Gasteiger charge is 2.26. The Labute approximate surface area is 132 Å². The SMILES string of the molecule is CNC(=O)c1cncc(N2CCc3cc(Cl)ccc3C2=O)c1. The standard InChI is InChI=1S/C16H14ClN3O2/c1-18-15(21)11-7-13(9-19-8-11)20-5-4-10-6-12(17)2-3-14(10)16(20)22/h2-3,6-9H,4-5H2,1H3,(H,18,21). The minimum atomic E-state index is -0.231. The van der Waals surface area contributed by atoms with Gasteiger partial charge in [0.15, 0.2) is 0 Å². The second-order valence-electron chi connectivity index (χ2n) is 5.02. The summed E-state index contributed by atoms with van der Waals surface area (Å²) in [4.78, 5) is 30.0. The van der Waals surface area contributed by atoms with Gasteiger partial charge in [-0.1, -0.05) is 11.6 Å². The van der Waals surface area contributed by atoms with Gasteiger partial charge < -0.3 is 10.2 Å². The molecule has 1 aromatic heterocycles. The minimum Gasteiger partial charge on any atom is -0.355 e. The summed E-state index contributed by atoms with van der Waals surface area (Å²) < 4.78 is 0. The number of amides is 2. The molecule has 1 aliphatic rings. The summed E-state index contributed by atoms with van der Waals surface area (Å²) in [5.41, 5.74) is 2.63. The number of hydrogen-bond donors (Lipinski definition) is 1. The van der Waals surface area contributed by atoms with Crippen LogP contribution in [0.4, 0.5) is 5.69 Å². The Kier molecular flexibility index (Phi) is 3.81. The third-order valence-electron chi connectivity index (χ3n) is 3.67. The van der Waals surface area contributed by atoms with Crippen LogP contribution in [0.25, 0.3) is 0 Å². The van der Waals surface area contributed by atoms with Gasteiger partial charge in [-0.05, 0) is 36.2 Å². The normalized spacial score (nSPS) is 13.7. The topological polar surface area (TPSA) is 62.3 Å². The first-order valence-electron chi connectivity index (χ1n) is 6.87. The van der Waals surface area contributed by atoms with E-state index in [0.29, 0.717) is 34.8 Å². The lowest BCUT2D eigenvalue weighted by atomic mass is 9.98. The molecule has 1 N–H and O–H groups in total. The number of nitrogens with one attached hydrogen (secondary N) is 1. The van der Waals surface area contributed by atoms with Crippen molar-refractivity contribution < 1.29 is 9.59 Å². The summed E-state index contributed by atoms with van der Waals surface area (Å²) in [5.74, 6) is -0.334. The second-order valence-corrected chi connectivity index (χ2v) is 5.46. The number of hydrogen-bond acceptors (Lipinski definition) is 3. The zero-order chi connectivity index (χ0) is 15.7. The predicted octanol–water partition coefficient (Wildman–Crippen LogP) is 2.30. The smallest absolute Gasteiger partial charge is 0.258 e. The molecule has 6 heteroatoms. The summed E-state index contributed by atoms with van der Waals surface area (Å²) >= 11 is 5.97. The van der Waals surface area contributed by atoms with Crippen molar-refractivity contribution in [2.45, 2.75) is 6.42 Å². The Bertz CT molecular complexity index is 761. The number of rotatable bonds is 2. The second kappa shape index (κ2) is 5.77. The van der Waals surface area contributed by atoms with Crippen molar-refractivity contribution in [2.24, 2.45) is 0 Å². The molecule has 0 aliphatic carbocycles. The number of pyridine rings is 1. The van der Waals surface area contributed by atoms with Gasteiger partial charge in [0.2, 0.25) is 0 Å². The molecular formula is C16H14ClN3O2. The quantitative estimate of drug-likeness (QED) is 0.925. The Balaban J connectivity index is 1.95. The van der Waals surface area contributed by atoms with E-state index < -0.39 is 0 Å². The molecular weight excluding hydrogens is 302 g/mol. The fraction of sp³-hybridized carbons (Fsp3) is 0.188. The molecule has 3 rings (SSSR count). The average Bonchev–Trinajstić information content (AvgIpc) is 2.54. The van der Waals surface area contributed by atoms with Crippen LogP contribution in [0, 0.1) is 0 Å². The van der Waals surface area contributed by atoms with Crippen molar-refractivity contribution in [1.29, 1.82) is 0 Å². The van der Waals surface area contributed by atoms with E-state index >= 15 is 0 Å². The van der Waals surface area contributed by atoms with Gasteiger partial charge in [0, 0.05) is 30.4 Å². The zero-order valence-corrected chi connectivity index (χ0v) is 12.7. The highest BCUT2D eigenvalue weighted by atomic mass is 35.5. The summed E-state index contributed by atoms with van der Waals surface area (Å²) in [6, 6.07) is 6.94. The largest absolute Gasteiger partial charge is 0.355 e. The molecule has 0 saturated heterocycles. The predicted molar refractivity (Wildman–Crippen MR) is 84.5 cm³/mol. The molecule has 22 heavy (non-hydrogen) atoms. The van der Waals surface area contributed by atoms with Crippen LogP contribution < -0.4 is 10.2 Å². The molecule has 2 amide bonds. The highest BCUT2D eigenvalue weighted by molar-refractivity contribution is 6.30. The third kappa shape index (κ3) is 2.55. The minimum absolute atomic E-state index is 0.103.